The minimum atomic E-state index is -0.188. The molecule has 8 nitrogen and oxygen atoms in total. The zero-order valence-corrected chi connectivity index (χ0v) is 14.2. The summed E-state index contributed by atoms with van der Waals surface area (Å²) in [6, 6.07) is 7.13. The van der Waals surface area contributed by atoms with Gasteiger partial charge in [-0.15, -0.1) is 0 Å². The Morgan fingerprint density at radius 3 is 1.54 bits per heavy atom. The van der Waals surface area contributed by atoms with Crippen LogP contribution in [0, 0.1) is 0 Å². The van der Waals surface area contributed by atoms with Crippen LogP contribution in [0.15, 0.2) is 59.3 Å². The van der Waals surface area contributed by atoms with Crippen molar-refractivity contribution in [1.29, 1.82) is 0 Å². The Kier molecular flexibility index (Phi) is 8.14. The summed E-state index contributed by atoms with van der Waals surface area (Å²) >= 11 is 0. The van der Waals surface area contributed by atoms with Crippen LogP contribution >= 0.6 is 0 Å². The number of rotatable bonds is 9. The first-order valence-corrected chi connectivity index (χ1v) is 8.18. The summed E-state index contributed by atoms with van der Waals surface area (Å²) in [4.78, 5) is 31.1. The average molecular weight is 352 g/mol. The summed E-state index contributed by atoms with van der Waals surface area (Å²) in [6.07, 6.45) is 11.5. The molecule has 26 heavy (non-hydrogen) atoms. The molecule has 0 aromatic carbocycles. The fourth-order valence-corrected chi connectivity index (χ4v) is 1.94. The predicted octanol–water partition coefficient (Wildman–Crippen LogP) is 1.64. The number of nitrogens with zero attached hydrogens (tertiary/aromatic N) is 4. The molecule has 0 saturated carbocycles. The lowest BCUT2D eigenvalue weighted by molar-refractivity contribution is -0.123. The summed E-state index contributed by atoms with van der Waals surface area (Å²) in [5.41, 5.74) is 6.61. The number of nitrogens with one attached hydrogen (secondary N) is 2. The Bertz CT molecular complexity index is 681. The highest BCUT2D eigenvalue weighted by Crippen LogP contribution is 2.00. The molecule has 0 bridgehead atoms. The largest absolute Gasteiger partial charge is 0.273 e. The molecule has 2 heterocycles. The molecule has 0 radical (unpaired) electrons. The fourth-order valence-electron chi connectivity index (χ4n) is 1.94. The Morgan fingerprint density at radius 2 is 1.15 bits per heavy atom. The number of hydrazone groups is 2. The lowest BCUT2D eigenvalue weighted by atomic mass is 10.2. The molecule has 8 heteroatoms. The van der Waals surface area contributed by atoms with Gasteiger partial charge in [-0.3, -0.25) is 19.6 Å². The first-order chi connectivity index (χ1) is 12.7. The molecular weight excluding hydrogens is 332 g/mol. The molecule has 2 amide bonds. The highest BCUT2D eigenvalue weighted by molar-refractivity contribution is 5.83. The molecule has 0 saturated heterocycles. The van der Waals surface area contributed by atoms with Gasteiger partial charge >= 0.3 is 0 Å². The number of carbonyl (C=O) groups excluding carboxylic acids is 2. The van der Waals surface area contributed by atoms with Crippen molar-refractivity contribution in [2.75, 3.05) is 0 Å². The highest BCUT2D eigenvalue weighted by Gasteiger charge is 2.02. The van der Waals surface area contributed by atoms with Crippen molar-refractivity contribution in [3.63, 3.8) is 0 Å². The van der Waals surface area contributed by atoms with Gasteiger partial charge in [-0.1, -0.05) is 0 Å². The number of carbonyl (C=O) groups is 2. The molecular formula is C18H20N6O2. The van der Waals surface area contributed by atoms with E-state index >= 15 is 0 Å². The minimum Gasteiger partial charge on any atom is -0.273 e. The van der Waals surface area contributed by atoms with E-state index in [1.165, 1.54) is 0 Å². The lowest BCUT2D eigenvalue weighted by Crippen LogP contribution is -2.19. The third-order valence-corrected chi connectivity index (χ3v) is 3.28. The van der Waals surface area contributed by atoms with E-state index in [0.29, 0.717) is 25.7 Å². The Hall–Kier alpha value is -3.42. The molecule has 0 atom stereocenters. The Morgan fingerprint density at radius 1 is 0.769 bits per heavy atom. The number of unbranched alkanes of at least 4 members (excludes halogenated alkanes) is 1. The van der Waals surface area contributed by atoms with Crippen molar-refractivity contribution in [3.05, 3.63) is 60.2 Å². The number of hydrogen-bond donors (Lipinski definition) is 2. The van der Waals surface area contributed by atoms with Crippen LogP contribution < -0.4 is 10.9 Å². The molecule has 0 unspecified atom stereocenters. The van der Waals surface area contributed by atoms with Gasteiger partial charge in [-0.25, -0.2) is 10.9 Å². The summed E-state index contributed by atoms with van der Waals surface area (Å²) in [5, 5.41) is 7.74. The Balaban J connectivity index is 1.55. The van der Waals surface area contributed by atoms with Crippen LogP contribution in [0.1, 0.15) is 36.8 Å². The van der Waals surface area contributed by atoms with E-state index in [-0.39, 0.29) is 11.8 Å². The zero-order valence-electron chi connectivity index (χ0n) is 14.2. The van der Waals surface area contributed by atoms with Gasteiger partial charge in [0.25, 0.3) is 0 Å². The third kappa shape index (κ3) is 7.91. The van der Waals surface area contributed by atoms with Crippen molar-refractivity contribution in [2.24, 2.45) is 10.2 Å². The van der Waals surface area contributed by atoms with Gasteiger partial charge in [0.05, 0.1) is 12.4 Å². The van der Waals surface area contributed by atoms with E-state index in [4.69, 9.17) is 0 Å². The van der Waals surface area contributed by atoms with Crippen LogP contribution in [0.4, 0.5) is 0 Å². The van der Waals surface area contributed by atoms with Crippen LogP contribution in [-0.4, -0.2) is 34.2 Å². The predicted molar refractivity (Wildman–Crippen MR) is 98.4 cm³/mol. The second-order valence-corrected chi connectivity index (χ2v) is 5.35. The Labute approximate surface area is 151 Å². The van der Waals surface area contributed by atoms with Crippen LogP contribution in [0.5, 0.6) is 0 Å². The molecule has 134 valence electrons. The number of pyridine rings is 2. The molecule has 2 rings (SSSR count). The standard InChI is InChI=1S/C18H20N6O2/c25-17(23-21-13-15-5-9-19-10-6-15)3-1-2-4-18(26)24-22-14-16-7-11-20-12-8-16/h5-14H,1-4H2,(H,23,25)(H,24,26)/b21-13-,22-14-. The fraction of sp³-hybridized carbons (Fsp3) is 0.222. The van der Waals surface area contributed by atoms with E-state index in [1.54, 1.807) is 61.5 Å². The van der Waals surface area contributed by atoms with Crippen molar-refractivity contribution in [1.82, 2.24) is 20.8 Å². The van der Waals surface area contributed by atoms with Crippen molar-refractivity contribution in [3.8, 4) is 0 Å². The van der Waals surface area contributed by atoms with Crippen molar-refractivity contribution in [2.45, 2.75) is 25.7 Å². The van der Waals surface area contributed by atoms with Crippen LogP contribution in [-0.2, 0) is 9.59 Å². The molecule has 0 aliphatic heterocycles. The molecule has 0 fully saturated rings. The smallest absolute Gasteiger partial charge is 0.240 e. The van der Waals surface area contributed by atoms with Crippen LogP contribution in [0.25, 0.3) is 0 Å². The second-order valence-electron chi connectivity index (χ2n) is 5.35. The minimum absolute atomic E-state index is 0.188. The van der Waals surface area contributed by atoms with Crippen LogP contribution in [0.2, 0.25) is 0 Å². The van der Waals surface area contributed by atoms with Gasteiger partial charge < -0.3 is 0 Å². The number of hydrogen-bond acceptors (Lipinski definition) is 6. The maximum atomic E-state index is 11.6. The quantitative estimate of drug-likeness (QED) is 0.406. The van der Waals surface area contributed by atoms with Crippen molar-refractivity contribution < 1.29 is 9.59 Å². The van der Waals surface area contributed by atoms with Crippen LogP contribution in [0.3, 0.4) is 0 Å². The van der Waals surface area contributed by atoms with E-state index in [0.717, 1.165) is 11.1 Å². The van der Waals surface area contributed by atoms with Gasteiger partial charge in [0.1, 0.15) is 0 Å². The van der Waals surface area contributed by atoms with Gasteiger partial charge in [-0.05, 0) is 48.2 Å². The van der Waals surface area contributed by atoms with E-state index in [9.17, 15) is 9.59 Å². The monoisotopic (exact) mass is 352 g/mol. The maximum absolute atomic E-state index is 11.6. The van der Waals surface area contributed by atoms with E-state index in [2.05, 4.69) is 31.0 Å². The highest BCUT2D eigenvalue weighted by atomic mass is 16.2. The van der Waals surface area contributed by atoms with Gasteiger partial charge in [-0.2, -0.15) is 10.2 Å². The van der Waals surface area contributed by atoms with E-state index < -0.39 is 0 Å². The lowest BCUT2D eigenvalue weighted by Gasteiger charge is -2.01. The SMILES string of the molecule is O=C(CCCCC(=O)N/N=C\c1ccncc1)N/N=C\c1ccncc1. The second kappa shape index (κ2) is 11.2. The zero-order chi connectivity index (χ0) is 18.5. The summed E-state index contributed by atoms with van der Waals surface area (Å²) in [6.45, 7) is 0. The topological polar surface area (TPSA) is 109 Å². The van der Waals surface area contributed by atoms with E-state index in [1.807, 2.05) is 0 Å². The van der Waals surface area contributed by atoms with Crippen molar-refractivity contribution >= 4 is 24.2 Å². The summed E-state index contributed by atoms with van der Waals surface area (Å²) in [5.74, 6) is -0.377. The van der Waals surface area contributed by atoms with Gasteiger partial charge in [0.2, 0.25) is 11.8 Å². The molecule has 0 aliphatic carbocycles. The number of aromatic nitrogens is 2. The first kappa shape index (κ1) is 18.9. The van der Waals surface area contributed by atoms with Gasteiger partial charge in [0.15, 0.2) is 0 Å². The third-order valence-electron chi connectivity index (χ3n) is 3.28. The molecule has 0 spiro atoms. The summed E-state index contributed by atoms with van der Waals surface area (Å²) in [7, 11) is 0. The number of amides is 2. The normalized spacial score (nSPS) is 10.9. The molecule has 2 aromatic heterocycles. The summed E-state index contributed by atoms with van der Waals surface area (Å²) < 4.78 is 0. The average Bonchev–Trinajstić information content (AvgIpc) is 2.67. The maximum Gasteiger partial charge on any atom is 0.240 e. The molecule has 0 aliphatic rings. The molecule has 2 N–H and O–H groups in total. The first-order valence-electron chi connectivity index (χ1n) is 8.18. The molecule has 2 aromatic rings. The van der Waals surface area contributed by atoms with Gasteiger partial charge in [0, 0.05) is 37.6 Å².